The van der Waals surface area contributed by atoms with Crippen LogP contribution in [0.15, 0.2) is 24.3 Å². The molecule has 38 heavy (non-hydrogen) atoms. The van der Waals surface area contributed by atoms with Gasteiger partial charge in [0.2, 0.25) is 11.8 Å². The number of nitrogens with zero attached hydrogens (tertiary/aromatic N) is 1. The molecule has 0 saturated carbocycles. The van der Waals surface area contributed by atoms with Gasteiger partial charge >= 0.3 is 5.97 Å². The van der Waals surface area contributed by atoms with Crippen LogP contribution in [0, 0.1) is 11.8 Å². The first-order valence-corrected chi connectivity index (χ1v) is 14.2. The smallest absolute Gasteiger partial charge is 0.338 e. The quantitative estimate of drug-likeness (QED) is 0.189. The van der Waals surface area contributed by atoms with Crippen LogP contribution in [-0.2, 0) is 19.1 Å². The molecule has 210 valence electrons. The maximum absolute atomic E-state index is 12.7. The van der Waals surface area contributed by atoms with Crippen molar-refractivity contribution in [2.45, 2.75) is 95.5 Å². The van der Waals surface area contributed by atoms with Gasteiger partial charge in [0.1, 0.15) is 24.6 Å². The Morgan fingerprint density at radius 3 is 1.89 bits per heavy atom. The highest BCUT2D eigenvalue weighted by atomic mass is 16.6. The van der Waals surface area contributed by atoms with Crippen LogP contribution in [0.1, 0.15) is 81.5 Å². The average Bonchev–Trinajstić information content (AvgIpc) is 3.53. The molecular formula is C29H41NO8. The lowest BCUT2D eigenvalue weighted by Gasteiger charge is -2.25. The zero-order valence-corrected chi connectivity index (χ0v) is 22.3. The van der Waals surface area contributed by atoms with Crippen LogP contribution in [0.5, 0.6) is 5.75 Å². The van der Waals surface area contributed by atoms with E-state index in [1.54, 1.807) is 24.3 Å². The van der Waals surface area contributed by atoms with Crippen LogP contribution in [0.4, 0.5) is 0 Å². The van der Waals surface area contributed by atoms with E-state index in [2.05, 4.69) is 6.92 Å². The highest BCUT2D eigenvalue weighted by molar-refractivity contribution is 6.06. The lowest BCUT2D eigenvalue weighted by atomic mass is 9.78. The fourth-order valence-corrected chi connectivity index (χ4v) is 5.79. The number of likely N-dealkylation sites (tertiary alicyclic amines) is 1. The summed E-state index contributed by atoms with van der Waals surface area (Å²) >= 11 is 0. The maximum Gasteiger partial charge on any atom is 0.338 e. The summed E-state index contributed by atoms with van der Waals surface area (Å²) in [6, 6.07) is 6.72. The molecule has 3 saturated heterocycles. The first-order chi connectivity index (χ1) is 18.4. The van der Waals surface area contributed by atoms with Gasteiger partial charge < -0.3 is 24.4 Å². The van der Waals surface area contributed by atoms with E-state index in [0.717, 1.165) is 17.7 Å². The van der Waals surface area contributed by atoms with Gasteiger partial charge in [-0.25, -0.2) is 4.79 Å². The molecule has 0 spiro atoms. The third-order valence-electron chi connectivity index (χ3n) is 7.94. The molecule has 1 aromatic rings. The van der Waals surface area contributed by atoms with Crippen molar-refractivity contribution in [1.29, 1.82) is 0 Å². The zero-order valence-electron chi connectivity index (χ0n) is 22.3. The molecule has 9 nitrogen and oxygen atoms in total. The summed E-state index contributed by atoms with van der Waals surface area (Å²) in [5.74, 6) is -2.38. The number of aliphatic hydroxyl groups is 2. The first-order valence-electron chi connectivity index (χ1n) is 14.2. The molecule has 1 aromatic carbocycles. The molecule has 6 unspecified atom stereocenters. The number of imide groups is 1. The summed E-state index contributed by atoms with van der Waals surface area (Å²) in [5.41, 5.74) is 0.352. The standard InChI is InChI=1S/C29H41NO8/c1-2-3-4-5-6-7-8-9-10-11-17-36-20-14-12-19(13-15-20)29(35)37-18-16-30-27(33)21-22(28(30)34)26-24(32)23(31)25(21)38-26/h12-15,21-26,31-32H,2-11,16-18H2,1H3. The molecule has 3 fully saturated rings. The van der Waals surface area contributed by atoms with Crippen molar-refractivity contribution in [3.63, 3.8) is 0 Å². The molecule has 2 bridgehead atoms. The van der Waals surface area contributed by atoms with Gasteiger partial charge in [0, 0.05) is 0 Å². The number of fused-ring (bicyclic) bond motifs is 5. The number of hydrogen-bond donors (Lipinski definition) is 2. The molecule has 3 aliphatic rings. The second-order valence-electron chi connectivity index (χ2n) is 10.6. The van der Waals surface area contributed by atoms with E-state index in [-0.39, 0.29) is 13.2 Å². The van der Waals surface area contributed by atoms with Crippen molar-refractivity contribution in [3.8, 4) is 5.75 Å². The second-order valence-corrected chi connectivity index (χ2v) is 10.6. The minimum Gasteiger partial charge on any atom is -0.494 e. The zero-order chi connectivity index (χ0) is 27.1. The number of hydrogen-bond acceptors (Lipinski definition) is 8. The fraction of sp³-hybridized carbons (Fsp3) is 0.690. The Hall–Kier alpha value is -2.49. The van der Waals surface area contributed by atoms with Crippen molar-refractivity contribution >= 4 is 17.8 Å². The summed E-state index contributed by atoms with van der Waals surface area (Å²) in [6.45, 7) is 2.65. The van der Waals surface area contributed by atoms with Crippen LogP contribution in [0.25, 0.3) is 0 Å². The molecule has 4 rings (SSSR count). The number of aliphatic hydroxyl groups excluding tert-OH is 2. The van der Waals surface area contributed by atoms with Crippen molar-refractivity contribution in [2.75, 3.05) is 19.8 Å². The van der Waals surface area contributed by atoms with Gasteiger partial charge in [-0.2, -0.15) is 0 Å². The summed E-state index contributed by atoms with van der Waals surface area (Å²) in [7, 11) is 0. The number of carbonyl (C=O) groups excluding carboxylic acids is 3. The number of rotatable bonds is 16. The van der Waals surface area contributed by atoms with Crippen LogP contribution in [0.3, 0.4) is 0 Å². The van der Waals surface area contributed by atoms with Gasteiger partial charge in [0.25, 0.3) is 0 Å². The molecule has 0 radical (unpaired) electrons. The Balaban J connectivity index is 1.10. The molecular weight excluding hydrogens is 490 g/mol. The first kappa shape index (κ1) is 28.5. The van der Waals surface area contributed by atoms with E-state index in [1.807, 2.05) is 0 Å². The predicted molar refractivity (Wildman–Crippen MR) is 138 cm³/mol. The Kier molecular flexibility index (Phi) is 10.2. The number of esters is 1. The normalized spacial score (nSPS) is 27.7. The monoisotopic (exact) mass is 531 g/mol. The van der Waals surface area contributed by atoms with E-state index in [1.165, 1.54) is 51.4 Å². The van der Waals surface area contributed by atoms with E-state index in [9.17, 15) is 24.6 Å². The van der Waals surface area contributed by atoms with E-state index >= 15 is 0 Å². The summed E-state index contributed by atoms with van der Waals surface area (Å²) in [6.07, 6.45) is 8.55. The number of amides is 2. The maximum atomic E-state index is 12.7. The van der Waals surface area contributed by atoms with Crippen molar-refractivity contribution in [1.82, 2.24) is 4.90 Å². The molecule has 0 aliphatic carbocycles. The number of ether oxygens (including phenoxy) is 3. The largest absolute Gasteiger partial charge is 0.494 e. The molecule has 3 heterocycles. The molecule has 9 heteroatoms. The number of carbonyl (C=O) groups is 3. The topological polar surface area (TPSA) is 123 Å². The minimum absolute atomic E-state index is 0.0813. The second kappa shape index (κ2) is 13.5. The third-order valence-corrected chi connectivity index (χ3v) is 7.94. The highest BCUT2D eigenvalue weighted by Gasteiger charge is 2.68. The van der Waals surface area contributed by atoms with Gasteiger partial charge in [-0.05, 0) is 30.7 Å². The third kappa shape index (κ3) is 6.38. The average molecular weight is 532 g/mol. The Morgan fingerprint density at radius 2 is 1.34 bits per heavy atom. The van der Waals surface area contributed by atoms with Crippen LogP contribution < -0.4 is 4.74 Å². The Labute approximate surface area is 224 Å². The summed E-state index contributed by atoms with van der Waals surface area (Å²) < 4.78 is 16.5. The number of benzene rings is 1. The van der Waals surface area contributed by atoms with Gasteiger partial charge in [-0.3, -0.25) is 14.5 Å². The highest BCUT2D eigenvalue weighted by Crippen LogP contribution is 2.48. The Bertz CT molecular complexity index is 918. The van der Waals surface area contributed by atoms with Crippen molar-refractivity contribution in [2.24, 2.45) is 11.8 Å². The van der Waals surface area contributed by atoms with E-state index < -0.39 is 54.0 Å². The van der Waals surface area contributed by atoms with Gasteiger partial charge in [0.05, 0.1) is 42.8 Å². The summed E-state index contributed by atoms with van der Waals surface area (Å²) in [5, 5.41) is 20.0. The molecule has 6 atom stereocenters. The van der Waals surface area contributed by atoms with E-state index in [4.69, 9.17) is 14.2 Å². The van der Waals surface area contributed by atoms with Gasteiger partial charge in [-0.15, -0.1) is 0 Å². The van der Waals surface area contributed by atoms with E-state index in [0.29, 0.717) is 17.9 Å². The SMILES string of the molecule is CCCCCCCCCCCCOc1ccc(C(=O)OCCN2C(=O)C3C4OC(C(O)C4O)C3C2=O)cc1. The van der Waals surface area contributed by atoms with Gasteiger partial charge in [-0.1, -0.05) is 64.7 Å². The minimum atomic E-state index is -1.18. The molecule has 2 N–H and O–H groups in total. The van der Waals surface area contributed by atoms with Crippen LogP contribution in [-0.4, -0.2) is 77.1 Å². The summed E-state index contributed by atoms with van der Waals surface area (Å²) in [4.78, 5) is 38.9. The lowest BCUT2D eigenvalue weighted by molar-refractivity contribution is -0.143. The van der Waals surface area contributed by atoms with Crippen molar-refractivity contribution < 1.29 is 38.8 Å². The molecule has 3 aliphatic heterocycles. The number of unbranched alkanes of at least 4 members (excludes halogenated alkanes) is 9. The van der Waals surface area contributed by atoms with Crippen LogP contribution in [0.2, 0.25) is 0 Å². The van der Waals surface area contributed by atoms with Crippen LogP contribution >= 0.6 is 0 Å². The van der Waals surface area contributed by atoms with Gasteiger partial charge in [0.15, 0.2) is 0 Å². The molecule has 2 amide bonds. The predicted octanol–water partition coefficient (Wildman–Crippen LogP) is 3.25. The van der Waals surface area contributed by atoms with Crippen molar-refractivity contribution in [3.05, 3.63) is 29.8 Å². The fourth-order valence-electron chi connectivity index (χ4n) is 5.79. The lowest BCUT2D eigenvalue weighted by Crippen LogP contribution is -2.47. The Morgan fingerprint density at radius 1 is 0.816 bits per heavy atom. The molecule has 0 aromatic heterocycles.